The summed E-state index contributed by atoms with van der Waals surface area (Å²) in [7, 11) is 1.62. The lowest BCUT2D eigenvalue weighted by atomic mass is 9.91. The molecular formula is C15H22N2O2. The molecule has 0 spiro atoms. The molecule has 0 unspecified atom stereocenters. The minimum absolute atomic E-state index is 0.0719. The lowest BCUT2D eigenvalue weighted by Crippen LogP contribution is -2.28. The first kappa shape index (κ1) is 13.9. The molecule has 19 heavy (non-hydrogen) atoms. The number of carbonyl (C=O) groups excluding carboxylic acids is 1. The van der Waals surface area contributed by atoms with Crippen LogP contribution in [0.5, 0.6) is 5.75 Å². The van der Waals surface area contributed by atoms with Crippen LogP contribution in [0.1, 0.15) is 25.3 Å². The molecule has 1 aliphatic rings. The van der Waals surface area contributed by atoms with Gasteiger partial charge in [0, 0.05) is 6.92 Å². The van der Waals surface area contributed by atoms with E-state index >= 15 is 0 Å². The van der Waals surface area contributed by atoms with E-state index in [4.69, 9.17) is 4.74 Å². The number of amides is 1. The minimum Gasteiger partial charge on any atom is -0.495 e. The van der Waals surface area contributed by atoms with Crippen molar-refractivity contribution in [2.45, 2.75) is 26.2 Å². The van der Waals surface area contributed by atoms with E-state index < -0.39 is 0 Å². The highest BCUT2D eigenvalue weighted by Gasteiger charge is 2.14. The standard InChI is InChI=1S/C15H22N2O2/c1-11(18)17-14-10-13(3-4-15(14)19-2)9-12-5-7-16-8-6-12/h3-4,10,12,16H,5-9H2,1-2H3,(H,17,18). The molecule has 0 saturated carbocycles. The maximum Gasteiger partial charge on any atom is 0.221 e. The summed E-state index contributed by atoms with van der Waals surface area (Å²) in [6.07, 6.45) is 3.52. The van der Waals surface area contributed by atoms with E-state index in [1.165, 1.54) is 25.3 Å². The Labute approximate surface area is 114 Å². The van der Waals surface area contributed by atoms with Crippen LogP contribution in [0.4, 0.5) is 5.69 Å². The van der Waals surface area contributed by atoms with Gasteiger partial charge in [-0.2, -0.15) is 0 Å². The van der Waals surface area contributed by atoms with Gasteiger partial charge in [0.15, 0.2) is 0 Å². The van der Waals surface area contributed by atoms with Gasteiger partial charge in [-0.25, -0.2) is 0 Å². The van der Waals surface area contributed by atoms with Crippen LogP contribution in [0, 0.1) is 5.92 Å². The number of benzene rings is 1. The first-order valence-electron chi connectivity index (χ1n) is 6.84. The Balaban J connectivity index is 2.09. The second-order valence-corrected chi connectivity index (χ2v) is 5.11. The summed E-state index contributed by atoms with van der Waals surface area (Å²) in [5, 5.41) is 6.20. The quantitative estimate of drug-likeness (QED) is 0.874. The van der Waals surface area contributed by atoms with Crippen molar-refractivity contribution in [2.75, 3.05) is 25.5 Å². The second kappa shape index (κ2) is 6.57. The fourth-order valence-electron chi connectivity index (χ4n) is 2.59. The van der Waals surface area contributed by atoms with Gasteiger partial charge in [-0.05, 0) is 56.0 Å². The molecule has 1 aromatic rings. The number of hydrogen-bond acceptors (Lipinski definition) is 3. The number of nitrogens with one attached hydrogen (secondary N) is 2. The summed E-state index contributed by atoms with van der Waals surface area (Å²) in [6, 6.07) is 6.05. The third-order valence-electron chi connectivity index (χ3n) is 3.56. The van der Waals surface area contributed by atoms with Crippen LogP contribution in [-0.4, -0.2) is 26.1 Å². The Kier molecular flexibility index (Phi) is 4.80. The molecular weight excluding hydrogens is 240 g/mol. The first-order chi connectivity index (χ1) is 9.19. The van der Waals surface area contributed by atoms with Crippen molar-refractivity contribution in [3.63, 3.8) is 0 Å². The molecule has 104 valence electrons. The minimum atomic E-state index is -0.0719. The van der Waals surface area contributed by atoms with Crippen LogP contribution in [0.3, 0.4) is 0 Å². The van der Waals surface area contributed by atoms with Crippen molar-refractivity contribution in [2.24, 2.45) is 5.92 Å². The van der Waals surface area contributed by atoms with E-state index in [0.717, 1.165) is 31.1 Å². The molecule has 1 aromatic carbocycles. The number of anilines is 1. The number of ether oxygens (including phenoxy) is 1. The fraction of sp³-hybridized carbons (Fsp3) is 0.533. The van der Waals surface area contributed by atoms with Crippen molar-refractivity contribution < 1.29 is 9.53 Å². The highest BCUT2D eigenvalue weighted by Crippen LogP contribution is 2.27. The summed E-state index contributed by atoms with van der Waals surface area (Å²) in [6.45, 7) is 3.73. The molecule has 1 heterocycles. The van der Waals surface area contributed by atoms with Crippen LogP contribution >= 0.6 is 0 Å². The van der Waals surface area contributed by atoms with Gasteiger partial charge in [0.05, 0.1) is 12.8 Å². The summed E-state index contributed by atoms with van der Waals surface area (Å²) in [5.41, 5.74) is 2.03. The van der Waals surface area contributed by atoms with Crippen LogP contribution in [0.25, 0.3) is 0 Å². The molecule has 2 N–H and O–H groups in total. The zero-order chi connectivity index (χ0) is 13.7. The highest BCUT2D eigenvalue weighted by molar-refractivity contribution is 5.90. The zero-order valence-electron chi connectivity index (χ0n) is 11.7. The van der Waals surface area contributed by atoms with Crippen LogP contribution in [0.15, 0.2) is 18.2 Å². The molecule has 4 heteroatoms. The molecule has 0 aromatic heterocycles. The van der Waals surface area contributed by atoms with Gasteiger partial charge in [0.25, 0.3) is 0 Å². The first-order valence-corrected chi connectivity index (χ1v) is 6.84. The summed E-state index contributed by atoms with van der Waals surface area (Å²) in [5.74, 6) is 1.38. The van der Waals surface area contributed by atoms with Gasteiger partial charge in [0.1, 0.15) is 5.75 Å². The Morgan fingerprint density at radius 1 is 1.42 bits per heavy atom. The summed E-state index contributed by atoms with van der Waals surface area (Å²) < 4.78 is 5.27. The third kappa shape index (κ3) is 3.96. The van der Waals surface area contributed by atoms with E-state index in [1.54, 1.807) is 7.11 Å². The average molecular weight is 262 g/mol. The number of piperidine rings is 1. The van der Waals surface area contributed by atoms with Crippen molar-refractivity contribution in [1.82, 2.24) is 5.32 Å². The van der Waals surface area contributed by atoms with E-state index in [-0.39, 0.29) is 5.91 Å². The maximum absolute atomic E-state index is 11.2. The Bertz CT molecular complexity index is 440. The van der Waals surface area contributed by atoms with Gasteiger partial charge in [-0.1, -0.05) is 6.07 Å². The van der Waals surface area contributed by atoms with E-state index in [1.807, 2.05) is 12.1 Å². The van der Waals surface area contributed by atoms with Crippen LogP contribution < -0.4 is 15.4 Å². The predicted octanol–water partition coefficient (Wildman–Crippen LogP) is 2.20. The number of methoxy groups -OCH3 is 1. The topological polar surface area (TPSA) is 50.4 Å². The maximum atomic E-state index is 11.2. The lowest BCUT2D eigenvalue weighted by molar-refractivity contribution is -0.114. The SMILES string of the molecule is COc1ccc(CC2CCNCC2)cc1NC(C)=O. The van der Waals surface area contributed by atoms with E-state index in [0.29, 0.717) is 5.75 Å². The van der Waals surface area contributed by atoms with E-state index in [2.05, 4.69) is 16.7 Å². The predicted molar refractivity (Wildman–Crippen MR) is 76.6 cm³/mol. The summed E-state index contributed by atoms with van der Waals surface area (Å²) >= 11 is 0. The molecule has 0 aliphatic carbocycles. The Hall–Kier alpha value is -1.55. The molecule has 0 bridgehead atoms. The van der Waals surface area contributed by atoms with E-state index in [9.17, 15) is 4.79 Å². The molecule has 0 radical (unpaired) electrons. The molecule has 2 rings (SSSR count). The third-order valence-corrected chi connectivity index (χ3v) is 3.56. The molecule has 1 saturated heterocycles. The Morgan fingerprint density at radius 2 is 2.16 bits per heavy atom. The fourth-order valence-corrected chi connectivity index (χ4v) is 2.59. The van der Waals surface area contributed by atoms with Gasteiger partial charge in [0.2, 0.25) is 5.91 Å². The summed E-state index contributed by atoms with van der Waals surface area (Å²) in [4.78, 5) is 11.2. The number of carbonyl (C=O) groups is 1. The monoisotopic (exact) mass is 262 g/mol. The number of rotatable bonds is 4. The number of hydrogen-bond donors (Lipinski definition) is 2. The van der Waals surface area contributed by atoms with Gasteiger partial charge < -0.3 is 15.4 Å². The molecule has 1 amide bonds. The normalized spacial score (nSPS) is 16.1. The Morgan fingerprint density at radius 3 is 2.79 bits per heavy atom. The second-order valence-electron chi connectivity index (χ2n) is 5.11. The largest absolute Gasteiger partial charge is 0.495 e. The van der Waals surface area contributed by atoms with Gasteiger partial charge in [-0.3, -0.25) is 4.79 Å². The zero-order valence-corrected chi connectivity index (χ0v) is 11.7. The van der Waals surface area contributed by atoms with Crippen molar-refractivity contribution >= 4 is 11.6 Å². The van der Waals surface area contributed by atoms with Crippen molar-refractivity contribution in [3.05, 3.63) is 23.8 Å². The van der Waals surface area contributed by atoms with Crippen LogP contribution in [-0.2, 0) is 11.2 Å². The van der Waals surface area contributed by atoms with Crippen molar-refractivity contribution in [3.8, 4) is 5.75 Å². The van der Waals surface area contributed by atoms with Gasteiger partial charge in [-0.15, -0.1) is 0 Å². The lowest BCUT2D eigenvalue weighted by Gasteiger charge is -2.23. The smallest absolute Gasteiger partial charge is 0.221 e. The van der Waals surface area contributed by atoms with Crippen LogP contribution in [0.2, 0.25) is 0 Å². The molecule has 1 fully saturated rings. The highest BCUT2D eigenvalue weighted by atomic mass is 16.5. The van der Waals surface area contributed by atoms with Gasteiger partial charge >= 0.3 is 0 Å². The molecule has 1 aliphatic heterocycles. The van der Waals surface area contributed by atoms with Crippen molar-refractivity contribution in [1.29, 1.82) is 0 Å². The average Bonchev–Trinajstić information content (AvgIpc) is 2.39. The molecule has 0 atom stereocenters. The molecule has 4 nitrogen and oxygen atoms in total.